The molecule has 0 fully saturated rings. The van der Waals surface area contributed by atoms with Gasteiger partial charge in [-0.1, -0.05) is 45.0 Å². The Morgan fingerprint density at radius 1 is 1.17 bits per heavy atom. The van der Waals surface area contributed by atoms with Crippen LogP contribution in [0.5, 0.6) is 0 Å². The molecule has 0 aromatic heterocycles. The molecule has 1 rings (SSSR count). The highest BCUT2D eigenvalue weighted by Crippen LogP contribution is 2.11. The van der Waals surface area contributed by atoms with Gasteiger partial charge in [0.15, 0.2) is 0 Å². The van der Waals surface area contributed by atoms with E-state index >= 15 is 0 Å². The fourth-order valence-corrected chi connectivity index (χ4v) is 1.77. The molecule has 0 saturated heterocycles. The van der Waals surface area contributed by atoms with E-state index < -0.39 is 0 Å². The largest absolute Gasteiger partial charge is 0.377 e. The highest BCUT2D eigenvalue weighted by Gasteiger charge is 2.02. The topological polar surface area (TPSA) is 21.3 Å². The summed E-state index contributed by atoms with van der Waals surface area (Å²) in [6.07, 6.45) is 2.31. The summed E-state index contributed by atoms with van der Waals surface area (Å²) in [5.41, 5.74) is 2.67. The van der Waals surface area contributed by atoms with Gasteiger partial charge >= 0.3 is 0 Å². The molecular formula is C16H27NO. The second kappa shape index (κ2) is 9.12. The van der Waals surface area contributed by atoms with Crippen molar-refractivity contribution >= 4 is 0 Å². The van der Waals surface area contributed by atoms with Gasteiger partial charge in [0.2, 0.25) is 0 Å². The monoisotopic (exact) mass is 249 g/mol. The quantitative estimate of drug-likeness (QED) is 0.673. The van der Waals surface area contributed by atoms with Crippen LogP contribution < -0.4 is 5.32 Å². The van der Waals surface area contributed by atoms with E-state index in [1.807, 2.05) is 0 Å². The van der Waals surface area contributed by atoms with E-state index in [1.54, 1.807) is 0 Å². The molecule has 1 aromatic carbocycles. The summed E-state index contributed by atoms with van der Waals surface area (Å²) in [7, 11) is 0. The van der Waals surface area contributed by atoms with Gasteiger partial charge in [-0.2, -0.15) is 0 Å². The lowest BCUT2D eigenvalue weighted by molar-refractivity contribution is 0.110. The molecule has 1 N–H and O–H groups in total. The lowest BCUT2D eigenvalue weighted by Gasteiger charge is -2.11. The molecule has 0 spiro atoms. The van der Waals surface area contributed by atoms with Crippen LogP contribution in [0.4, 0.5) is 0 Å². The summed E-state index contributed by atoms with van der Waals surface area (Å²) >= 11 is 0. The fourth-order valence-electron chi connectivity index (χ4n) is 1.77. The van der Waals surface area contributed by atoms with Crippen molar-refractivity contribution < 1.29 is 4.74 Å². The van der Waals surface area contributed by atoms with Crippen LogP contribution in [0.25, 0.3) is 0 Å². The molecule has 0 aliphatic carbocycles. The van der Waals surface area contributed by atoms with Crippen LogP contribution in [0, 0.1) is 5.92 Å². The molecule has 1 aromatic rings. The molecule has 0 unspecified atom stereocenters. The minimum atomic E-state index is 0.714. The zero-order chi connectivity index (χ0) is 13.2. The van der Waals surface area contributed by atoms with Gasteiger partial charge in [-0.25, -0.2) is 0 Å². The first-order valence-corrected chi connectivity index (χ1v) is 7.09. The van der Waals surface area contributed by atoms with Crippen LogP contribution >= 0.6 is 0 Å². The molecule has 0 radical (unpaired) electrons. The summed E-state index contributed by atoms with van der Waals surface area (Å²) < 4.78 is 5.75. The number of hydrogen-bond acceptors (Lipinski definition) is 2. The lowest BCUT2D eigenvalue weighted by atomic mass is 10.1. The Bertz CT molecular complexity index is 323. The summed E-state index contributed by atoms with van der Waals surface area (Å²) in [6.45, 7) is 10.2. The lowest BCUT2D eigenvalue weighted by Crippen LogP contribution is -2.15. The molecule has 0 aliphatic heterocycles. The van der Waals surface area contributed by atoms with Crippen molar-refractivity contribution in [2.45, 2.75) is 46.8 Å². The average molecular weight is 249 g/mol. The minimum Gasteiger partial charge on any atom is -0.377 e. The maximum absolute atomic E-state index is 5.75. The normalized spacial score (nSPS) is 11.1. The molecule has 102 valence electrons. The summed E-state index contributed by atoms with van der Waals surface area (Å²) in [6, 6.07) is 8.53. The van der Waals surface area contributed by atoms with Crippen LogP contribution in [0.1, 0.15) is 44.7 Å². The smallest absolute Gasteiger partial charge is 0.0720 e. The molecule has 0 aliphatic rings. The molecule has 0 amide bonds. The molecule has 0 saturated carbocycles. The van der Waals surface area contributed by atoms with E-state index in [2.05, 4.69) is 50.4 Å². The van der Waals surface area contributed by atoms with E-state index in [0.29, 0.717) is 5.92 Å². The Morgan fingerprint density at radius 2 is 1.89 bits per heavy atom. The Hall–Kier alpha value is -0.860. The average Bonchev–Trinajstić information content (AvgIpc) is 2.36. The van der Waals surface area contributed by atoms with E-state index in [0.717, 1.165) is 32.7 Å². The first-order valence-electron chi connectivity index (χ1n) is 7.09. The second-order valence-electron chi connectivity index (χ2n) is 5.18. The standard InChI is InChI=1S/C16H27NO/c1-4-10-17-12-15-7-5-6-8-16(15)13-18-11-9-14(2)3/h5-8,14,17H,4,9-13H2,1-3H3. The number of benzene rings is 1. The van der Waals surface area contributed by atoms with Gasteiger partial charge in [-0.3, -0.25) is 0 Å². The predicted molar refractivity (Wildman–Crippen MR) is 77.6 cm³/mol. The predicted octanol–water partition coefficient (Wildman–Crippen LogP) is 3.75. The third-order valence-electron chi connectivity index (χ3n) is 2.96. The Balaban J connectivity index is 2.38. The number of hydrogen-bond donors (Lipinski definition) is 1. The van der Waals surface area contributed by atoms with E-state index in [9.17, 15) is 0 Å². The van der Waals surface area contributed by atoms with Crippen molar-refractivity contribution in [2.24, 2.45) is 5.92 Å². The van der Waals surface area contributed by atoms with Gasteiger partial charge in [-0.15, -0.1) is 0 Å². The Kier molecular flexibility index (Phi) is 7.70. The second-order valence-corrected chi connectivity index (χ2v) is 5.18. The third kappa shape index (κ3) is 6.18. The molecule has 2 heteroatoms. The highest BCUT2D eigenvalue weighted by atomic mass is 16.5. The summed E-state index contributed by atoms with van der Waals surface area (Å²) in [4.78, 5) is 0. The number of ether oxygens (including phenoxy) is 1. The zero-order valence-corrected chi connectivity index (χ0v) is 12.0. The van der Waals surface area contributed by atoms with Crippen molar-refractivity contribution in [3.05, 3.63) is 35.4 Å². The first-order chi connectivity index (χ1) is 8.74. The van der Waals surface area contributed by atoms with Gasteiger partial charge in [0.05, 0.1) is 6.61 Å². The molecular weight excluding hydrogens is 222 g/mol. The van der Waals surface area contributed by atoms with Crippen LogP contribution in [-0.4, -0.2) is 13.2 Å². The third-order valence-corrected chi connectivity index (χ3v) is 2.96. The summed E-state index contributed by atoms with van der Waals surface area (Å²) in [5, 5.41) is 3.44. The Labute approximate surface area is 112 Å². The van der Waals surface area contributed by atoms with Crippen molar-refractivity contribution in [3.63, 3.8) is 0 Å². The molecule has 2 nitrogen and oxygen atoms in total. The van der Waals surface area contributed by atoms with E-state index in [1.165, 1.54) is 17.5 Å². The van der Waals surface area contributed by atoms with Crippen molar-refractivity contribution in [2.75, 3.05) is 13.2 Å². The van der Waals surface area contributed by atoms with Crippen molar-refractivity contribution in [1.82, 2.24) is 5.32 Å². The maximum atomic E-state index is 5.75. The van der Waals surface area contributed by atoms with E-state index in [4.69, 9.17) is 4.74 Å². The number of nitrogens with one attached hydrogen (secondary N) is 1. The first kappa shape index (κ1) is 15.2. The minimum absolute atomic E-state index is 0.714. The molecule has 0 heterocycles. The maximum Gasteiger partial charge on any atom is 0.0720 e. The SMILES string of the molecule is CCCNCc1ccccc1COCCC(C)C. The molecule has 18 heavy (non-hydrogen) atoms. The van der Waals surface area contributed by atoms with Crippen molar-refractivity contribution in [3.8, 4) is 0 Å². The van der Waals surface area contributed by atoms with Gasteiger partial charge in [0, 0.05) is 13.2 Å². The van der Waals surface area contributed by atoms with Gasteiger partial charge in [-0.05, 0) is 36.4 Å². The zero-order valence-electron chi connectivity index (χ0n) is 12.0. The highest BCUT2D eigenvalue weighted by molar-refractivity contribution is 5.26. The number of rotatable bonds is 9. The Morgan fingerprint density at radius 3 is 2.56 bits per heavy atom. The van der Waals surface area contributed by atoms with Crippen LogP contribution in [-0.2, 0) is 17.9 Å². The van der Waals surface area contributed by atoms with Crippen LogP contribution in [0.2, 0.25) is 0 Å². The van der Waals surface area contributed by atoms with Crippen molar-refractivity contribution in [1.29, 1.82) is 0 Å². The molecule has 0 bridgehead atoms. The fraction of sp³-hybridized carbons (Fsp3) is 0.625. The van der Waals surface area contributed by atoms with Gasteiger partial charge in [0.1, 0.15) is 0 Å². The van der Waals surface area contributed by atoms with Crippen LogP contribution in [0.15, 0.2) is 24.3 Å². The van der Waals surface area contributed by atoms with Gasteiger partial charge in [0.25, 0.3) is 0 Å². The molecule has 0 atom stereocenters. The summed E-state index contributed by atoms with van der Waals surface area (Å²) in [5.74, 6) is 0.714. The van der Waals surface area contributed by atoms with Gasteiger partial charge < -0.3 is 10.1 Å². The van der Waals surface area contributed by atoms with Crippen LogP contribution in [0.3, 0.4) is 0 Å². The van der Waals surface area contributed by atoms with E-state index in [-0.39, 0.29) is 0 Å².